The molecule has 0 bridgehead atoms. The van der Waals surface area contributed by atoms with Gasteiger partial charge in [0.25, 0.3) is 0 Å². The summed E-state index contributed by atoms with van der Waals surface area (Å²) in [5.41, 5.74) is 1.14. The molecule has 2 aromatic carbocycles. The first-order valence-corrected chi connectivity index (χ1v) is 6.77. The van der Waals surface area contributed by atoms with E-state index in [-0.39, 0.29) is 11.9 Å². The van der Waals surface area contributed by atoms with E-state index in [2.05, 4.69) is 18.2 Å². The van der Waals surface area contributed by atoms with Gasteiger partial charge in [0.05, 0.1) is 6.61 Å². The summed E-state index contributed by atoms with van der Waals surface area (Å²) < 4.78 is 5.00. The van der Waals surface area contributed by atoms with Gasteiger partial charge in [-0.05, 0) is 28.7 Å². The molecular weight excluding hydrogens is 252 g/mol. The van der Waals surface area contributed by atoms with E-state index < -0.39 is 0 Å². The van der Waals surface area contributed by atoms with Crippen LogP contribution in [0.5, 0.6) is 0 Å². The number of benzene rings is 2. The van der Waals surface area contributed by atoms with Crippen LogP contribution in [-0.2, 0) is 14.3 Å². The summed E-state index contributed by atoms with van der Waals surface area (Å²) in [6.07, 6.45) is 2.03. The fraction of sp³-hybridized carbons (Fsp3) is 0.294. The number of rotatable bonds is 6. The van der Waals surface area contributed by atoms with Crippen LogP contribution in [0.1, 0.15) is 31.2 Å². The van der Waals surface area contributed by atoms with E-state index in [1.807, 2.05) is 24.3 Å². The van der Waals surface area contributed by atoms with Crippen molar-refractivity contribution in [3.63, 3.8) is 0 Å². The molecule has 0 aliphatic carbocycles. The van der Waals surface area contributed by atoms with E-state index in [0.29, 0.717) is 19.4 Å². The Morgan fingerprint density at radius 3 is 2.70 bits per heavy atom. The number of carbonyl (C=O) groups excluding carboxylic acids is 2. The molecule has 0 aliphatic heterocycles. The average molecular weight is 270 g/mol. The van der Waals surface area contributed by atoms with Crippen molar-refractivity contribution < 1.29 is 14.3 Å². The van der Waals surface area contributed by atoms with Crippen LogP contribution in [0, 0.1) is 0 Å². The van der Waals surface area contributed by atoms with Crippen LogP contribution in [0.15, 0.2) is 42.5 Å². The van der Waals surface area contributed by atoms with Crippen molar-refractivity contribution in [1.29, 1.82) is 0 Å². The van der Waals surface area contributed by atoms with Crippen LogP contribution in [-0.4, -0.2) is 18.9 Å². The maximum Gasteiger partial charge on any atom is 0.302 e. The fourth-order valence-corrected chi connectivity index (χ4v) is 2.47. The molecule has 0 N–H and O–H groups in total. The molecule has 0 radical (unpaired) electrons. The van der Waals surface area contributed by atoms with Crippen LogP contribution in [0.25, 0.3) is 10.8 Å². The number of esters is 1. The lowest BCUT2D eigenvalue weighted by atomic mass is 9.89. The van der Waals surface area contributed by atoms with Gasteiger partial charge in [0.1, 0.15) is 6.29 Å². The summed E-state index contributed by atoms with van der Waals surface area (Å²) >= 11 is 0. The number of fused-ring (bicyclic) bond motifs is 1. The van der Waals surface area contributed by atoms with Gasteiger partial charge in [-0.1, -0.05) is 42.5 Å². The maximum atomic E-state index is 10.9. The Bertz CT molecular complexity index is 599. The molecule has 104 valence electrons. The Hall–Kier alpha value is -2.16. The Labute approximate surface area is 118 Å². The van der Waals surface area contributed by atoms with Crippen LogP contribution in [0.2, 0.25) is 0 Å². The lowest BCUT2D eigenvalue weighted by Gasteiger charge is -2.17. The first kappa shape index (κ1) is 14.3. The summed E-state index contributed by atoms with van der Waals surface area (Å²) in [5, 5.41) is 2.32. The monoisotopic (exact) mass is 270 g/mol. The highest BCUT2D eigenvalue weighted by molar-refractivity contribution is 5.86. The van der Waals surface area contributed by atoms with Crippen LogP contribution < -0.4 is 0 Å². The molecule has 0 saturated heterocycles. The largest absolute Gasteiger partial charge is 0.466 e. The molecule has 0 saturated carbocycles. The molecule has 0 heterocycles. The molecular formula is C17H18O3. The minimum atomic E-state index is -0.284. The zero-order valence-electron chi connectivity index (χ0n) is 11.5. The van der Waals surface area contributed by atoms with Crippen LogP contribution in [0.4, 0.5) is 0 Å². The molecule has 0 amide bonds. The van der Waals surface area contributed by atoms with Crippen molar-refractivity contribution in [3.8, 4) is 0 Å². The van der Waals surface area contributed by atoms with E-state index >= 15 is 0 Å². The van der Waals surface area contributed by atoms with Gasteiger partial charge in [0.2, 0.25) is 0 Å². The van der Waals surface area contributed by atoms with Gasteiger partial charge < -0.3 is 9.53 Å². The van der Waals surface area contributed by atoms with Crippen molar-refractivity contribution in [2.45, 2.75) is 25.7 Å². The predicted molar refractivity (Wildman–Crippen MR) is 78.6 cm³/mol. The summed E-state index contributed by atoms with van der Waals surface area (Å²) in [6, 6.07) is 14.2. The molecule has 1 atom stereocenters. The highest BCUT2D eigenvalue weighted by Gasteiger charge is 2.14. The SMILES string of the molecule is CC(=O)OCCC(CC=O)c1cccc2ccccc12. The Balaban J connectivity index is 2.26. The molecule has 2 rings (SSSR count). The summed E-state index contributed by atoms with van der Waals surface area (Å²) in [5.74, 6) is -0.203. The smallest absolute Gasteiger partial charge is 0.302 e. The number of hydrogen-bond donors (Lipinski definition) is 0. The Morgan fingerprint density at radius 2 is 1.95 bits per heavy atom. The zero-order chi connectivity index (χ0) is 14.4. The third kappa shape index (κ3) is 3.44. The molecule has 0 aliphatic rings. The molecule has 20 heavy (non-hydrogen) atoms. The van der Waals surface area contributed by atoms with Gasteiger partial charge in [-0.2, -0.15) is 0 Å². The van der Waals surface area contributed by atoms with Crippen molar-refractivity contribution in [3.05, 3.63) is 48.0 Å². The lowest BCUT2D eigenvalue weighted by molar-refractivity contribution is -0.141. The highest BCUT2D eigenvalue weighted by Crippen LogP contribution is 2.29. The van der Waals surface area contributed by atoms with Gasteiger partial charge in [-0.15, -0.1) is 0 Å². The third-order valence-electron chi connectivity index (χ3n) is 3.42. The zero-order valence-corrected chi connectivity index (χ0v) is 11.5. The number of aldehydes is 1. The Kier molecular flexibility index (Phi) is 4.88. The maximum absolute atomic E-state index is 10.9. The number of carbonyl (C=O) groups is 2. The minimum absolute atomic E-state index is 0.0814. The molecule has 3 heteroatoms. The highest BCUT2D eigenvalue weighted by atomic mass is 16.5. The lowest BCUT2D eigenvalue weighted by Crippen LogP contribution is -2.08. The normalized spacial score (nSPS) is 12.1. The standard InChI is InChI=1S/C17H18O3/c1-13(19)20-12-10-15(9-11-18)17-8-4-6-14-5-2-3-7-16(14)17/h2-8,11,15H,9-10,12H2,1H3. The second-order valence-corrected chi connectivity index (χ2v) is 4.80. The van der Waals surface area contributed by atoms with E-state index in [1.54, 1.807) is 0 Å². The van der Waals surface area contributed by atoms with Gasteiger partial charge in [0.15, 0.2) is 0 Å². The molecule has 2 aromatic rings. The van der Waals surface area contributed by atoms with E-state index in [0.717, 1.165) is 22.6 Å². The van der Waals surface area contributed by atoms with E-state index in [1.165, 1.54) is 6.92 Å². The molecule has 3 nitrogen and oxygen atoms in total. The first-order valence-electron chi connectivity index (χ1n) is 6.77. The van der Waals surface area contributed by atoms with Crippen LogP contribution in [0.3, 0.4) is 0 Å². The number of ether oxygens (including phenoxy) is 1. The first-order chi connectivity index (χ1) is 9.72. The second kappa shape index (κ2) is 6.85. The second-order valence-electron chi connectivity index (χ2n) is 4.80. The van der Waals surface area contributed by atoms with Gasteiger partial charge in [-0.25, -0.2) is 0 Å². The predicted octanol–water partition coefficient (Wildman–Crippen LogP) is 3.47. The van der Waals surface area contributed by atoms with Gasteiger partial charge in [0, 0.05) is 13.3 Å². The number of hydrogen-bond acceptors (Lipinski definition) is 3. The van der Waals surface area contributed by atoms with Crippen LogP contribution >= 0.6 is 0 Å². The summed E-state index contributed by atoms with van der Waals surface area (Å²) in [4.78, 5) is 21.8. The Morgan fingerprint density at radius 1 is 1.20 bits per heavy atom. The average Bonchev–Trinajstić information content (AvgIpc) is 2.45. The van der Waals surface area contributed by atoms with Crippen molar-refractivity contribution in [1.82, 2.24) is 0 Å². The van der Waals surface area contributed by atoms with Gasteiger partial charge in [-0.3, -0.25) is 4.79 Å². The van der Waals surface area contributed by atoms with E-state index in [9.17, 15) is 9.59 Å². The molecule has 0 spiro atoms. The van der Waals surface area contributed by atoms with Crippen molar-refractivity contribution in [2.24, 2.45) is 0 Å². The third-order valence-corrected chi connectivity index (χ3v) is 3.42. The quantitative estimate of drug-likeness (QED) is 0.596. The van der Waals surface area contributed by atoms with Gasteiger partial charge >= 0.3 is 5.97 Å². The fourth-order valence-electron chi connectivity index (χ4n) is 2.47. The summed E-state index contributed by atoms with van der Waals surface area (Å²) in [7, 11) is 0. The molecule has 0 aromatic heterocycles. The molecule has 0 fully saturated rings. The minimum Gasteiger partial charge on any atom is -0.466 e. The van der Waals surface area contributed by atoms with Crippen molar-refractivity contribution >= 4 is 23.0 Å². The topological polar surface area (TPSA) is 43.4 Å². The van der Waals surface area contributed by atoms with E-state index in [4.69, 9.17) is 4.74 Å². The van der Waals surface area contributed by atoms with Crippen molar-refractivity contribution in [2.75, 3.05) is 6.61 Å². The summed E-state index contributed by atoms with van der Waals surface area (Å²) in [6.45, 7) is 1.74. The molecule has 1 unspecified atom stereocenters.